The molecule has 0 radical (unpaired) electrons. The number of aromatic amines is 1. The zero-order valence-corrected chi connectivity index (χ0v) is 14.9. The van der Waals surface area contributed by atoms with Gasteiger partial charge in [0.1, 0.15) is 0 Å². The average molecular weight is 331 g/mol. The lowest BCUT2D eigenvalue weighted by Gasteiger charge is -2.21. The summed E-state index contributed by atoms with van der Waals surface area (Å²) in [4.78, 5) is 22.7. The van der Waals surface area contributed by atoms with Crippen molar-refractivity contribution in [3.63, 3.8) is 0 Å². The van der Waals surface area contributed by atoms with E-state index in [0.29, 0.717) is 5.92 Å². The quantitative estimate of drug-likeness (QED) is 0.913. The number of aryl methyl sites for hydroxylation is 2. The average Bonchev–Trinajstić information content (AvgIpc) is 3.22. The second kappa shape index (κ2) is 6.89. The Morgan fingerprint density at radius 3 is 2.87 bits per heavy atom. The van der Waals surface area contributed by atoms with E-state index in [1.807, 2.05) is 36.4 Å². The van der Waals surface area contributed by atoms with Gasteiger partial charge in [0.25, 0.3) is 5.91 Å². The first kappa shape index (κ1) is 16.3. The van der Waals surface area contributed by atoms with Gasteiger partial charge in [-0.25, -0.2) is 0 Å². The smallest absolute Gasteiger partial charge is 0.255 e. The fraction of sp³-hybridized carbons (Fsp3) is 0.500. The molecule has 0 spiro atoms. The van der Waals surface area contributed by atoms with Crippen LogP contribution in [0.15, 0.2) is 24.5 Å². The van der Waals surface area contributed by atoms with Crippen molar-refractivity contribution in [3.05, 3.63) is 45.4 Å². The molecule has 3 heterocycles. The van der Waals surface area contributed by atoms with Gasteiger partial charge >= 0.3 is 0 Å². The summed E-state index contributed by atoms with van der Waals surface area (Å²) in [6.07, 6.45) is 4.85. The van der Waals surface area contributed by atoms with Gasteiger partial charge in [0.15, 0.2) is 0 Å². The molecule has 0 aromatic carbocycles. The molecule has 1 saturated heterocycles. The summed E-state index contributed by atoms with van der Waals surface area (Å²) in [5.41, 5.74) is 1.80. The van der Waals surface area contributed by atoms with Gasteiger partial charge in [-0.1, -0.05) is 0 Å². The first-order valence-corrected chi connectivity index (χ1v) is 9.01. The molecule has 2 aromatic heterocycles. The zero-order valence-electron chi connectivity index (χ0n) is 14.1. The molecular formula is C18H25N3OS. The fourth-order valence-electron chi connectivity index (χ4n) is 3.34. The van der Waals surface area contributed by atoms with E-state index in [4.69, 9.17) is 0 Å². The summed E-state index contributed by atoms with van der Waals surface area (Å²) in [5.74, 6) is 0.695. The molecule has 1 N–H and O–H groups in total. The summed E-state index contributed by atoms with van der Waals surface area (Å²) in [7, 11) is 1.92. The van der Waals surface area contributed by atoms with Crippen molar-refractivity contribution in [2.24, 2.45) is 5.92 Å². The molecular weight excluding hydrogens is 306 g/mol. The number of H-pyrrole nitrogens is 1. The molecule has 124 valence electrons. The van der Waals surface area contributed by atoms with Crippen molar-refractivity contribution in [1.29, 1.82) is 0 Å². The van der Waals surface area contributed by atoms with Crippen LogP contribution < -0.4 is 0 Å². The first-order chi connectivity index (χ1) is 11.0. The third kappa shape index (κ3) is 3.85. The van der Waals surface area contributed by atoms with Gasteiger partial charge in [-0.2, -0.15) is 0 Å². The van der Waals surface area contributed by atoms with Crippen molar-refractivity contribution in [3.8, 4) is 0 Å². The lowest BCUT2D eigenvalue weighted by atomic mass is 10.1. The third-order valence-corrected chi connectivity index (χ3v) is 5.59. The standard InChI is InChI=1S/C18H25N3OS/c1-13-8-19-9-17(13)18(22)20(3)10-15-6-7-21(11-15)12-16-5-4-14(2)23-16/h4-5,8-9,15,19H,6-7,10-12H2,1-3H3/t15-/m0/s1. The maximum atomic E-state index is 12.5. The van der Waals surface area contributed by atoms with Gasteiger partial charge in [-0.3, -0.25) is 9.69 Å². The molecule has 1 aliphatic heterocycles. The summed E-state index contributed by atoms with van der Waals surface area (Å²) in [5, 5.41) is 0. The Morgan fingerprint density at radius 1 is 1.39 bits per heavy atom. The molecule has 4 nitrogen and oxygen atoms in total. The zero-order chi connectivity index (χ0) is 16.4. The van der Waals surface area contributed by atoms with Crippen LogP contribution in [-0.2, 0) is 6.54 Å². The van der Waals surface area contributed by atoms with Crippen LogP contribution in [-0.4, -0.2) is 47.4 Å². The third-order valence-electron chi connectivity index (χ3n) is 4.61. The van der Waals surface area contributed by atoms with Gasteiger partial charge in [-0.05, 0) is 50.4 Å². The van der Waals surface area contributed by atoms with E-state index in [-0.39, 0.29) is 5.91 Å². The topological polar surface area (TPSA) is 39.3 Å². The highest BCUT2D eigenvalue weighted by atomic mass is 32.1. The van der Waals surface area contributed by atoms with E-state index in [2.05, 4.69) is 28.9 Å². The number of thiophene rings is 1. The number of hydrogen-bond donors (Lipinski definition) is 1. The van der Waals surface area contributed by atoms with E-state index < -0.39 is 0 Å². The number of rotatable bonds is 5. The number of hydrogen-bond acceptors (Lipinski definition) is 3. The van der Waals surface area contributed by atoms with Crippen molar-refractivity contribution in [2.45, 2.75) is 26.8 Å². The molecule has 23 heavy (non-hydrogen) atoms. The van der Waals surface area contributed by atoms with Crippen LogP contribution in [0.4, 0.5) is 0 Å². The van der Waals surface area contributed by atoms with Gasteiger partial charge in [0, 0.05) is 48.8 Å². The van der Waals surface area contributed by atoms with Crippen LogP contribution in [0.3, 0.4) is 0 Å². The van der Waals surface area contributed by atoms with Crippen LogP contribution in [0.1, 0.15) is 32.1 Å². The Kier molecular flexibility index (Phi) is 4.87. The summed E-state index contributed by atoms with van der Waals surface area (Å²) in [6, 6.07) is 4.43. The SMILES string of the molecule is Cc1ccc(CN2CC[C@@H](CN(C)C(=O)c3c[nH]cc3C)C2)s1. The predicted molar refractivity (Wildman–Crippen MR) is 94.9 cm³/mol. The fourth-order valence-corrected chi connectivity index (χ4v) is 4.28. The maximum absolute atomic E-state index is 12.5. The highest BCUT2D eigenvalue weighted by Crippen LogP contribution is 2.23. The van der Waals surface area contributed by atoms with Crippen LogP contribution >= 0.6 is 11.3 Å². The van der Waals surface area contributed by atoms with Gasteiger partial charge < -0.3 is 9.88 Å². The van der Waals surface area contributed by atoms with Crippen LogP contribution in [0.2, 0.25) is 0 Å². The number of aromatic nitrogens is 1. The number of carbonyl (C=O) groups is 1. The first-order valence-electron chi connectivity index (χ1n) is 8.19. The monoisotopic (exact) mass is 331 g/mol. The summed E-state index contributed by atoms with van der Waals surface area (Å²) >= 11 is 1.88. The summed E-state index contributed by atoms with van der Waals surface area (Å²) < 4.78 is 0. The van der Waals surface area contributed by atoms with Crippen LogP contribution in [0.25, 0.3) is 0 Å². The minimum atomic E-state index is 0.121. The number of amides is 1. The van der Waals surface area contributed by atoms with Gasteiger partial charge in [0.05, 0.1) is 5.56 Å². The normalized spacial score (nSPS) is 18.5. The van der Waals surface area contributed by atoms with Crippen LogP contribution in [0, 0.1) is 19.8 Å². The predicted octanol–water partition coefficient (Wildman–Crippen LogP) is 3.29. The summed E-state index contributed by atoms with van der Waals surface area (Å²) in [6.45, 7) is 8.23. The van der Waals surface area contributed by atoms with E-state index in [1.165, 1.54) is 16.2 Å². The number of carbonyl (C=O) groups excluding carboxylic acids is 1. The highest BCUT2D eigenvalue weighted by Gasteiger charge is 2.26. The highest BCUT2D eigenvalue weighted by molar-refractivity contribution is 7.11. The second-order valence-electron chi connectivity index (χ2n) is 6.64. The molecule has 0 bridgehead atoms. The molecule has 1 amide bonds. The lowest BCUT2D eigenvalue weighted by Crippen LogP contribution is -2.33. The Morgan fingerprint density at radius 2 is 2.22 bits per heavy atom. The molecule has 3 rings (SSSR count). The Labute approximate surface area is 142 Å². The van der Waals surface area contributed by atoms with Gasteiger partial charge in [-0.15, -0.1) is 11.3 Å². The van der Waals surface area contributed by atoms with E-state index in [1.54, 1.807) is 6.20 Å². The second-order valence-corrected chi connectivity index (χ2v) is 8.01. The molecule has 5 heteroatoms. The minimum absolute atomic E-state index is 0.121. The maximum Gasteiger partial charge on any atom is 0.255 e. The van der Waals surface area contributed by atoms with Crippen LogP contribution in [0.5, 0.6) is 0 Å². The largest absolute Gasteiger partial charge is 0.367 e. The number of nitrogens with one attached hydrogen (secondary N) is 1. The van der Waals surface area contributed by atoms with Crippen molar-refractivity contribution >= 4 is 17.2 Å². The molecule has 2 aromatic rings. The number of nitrogens with zero attached hydrogens (tertiary/aromatic N) is 2. The van der Waals surface area contributed by atoms with Crippen molar-refractivity contribution < 1.29 is 4.79 Å². The molecule has 1 fully saturated rings. The molecule has 0 aliphatic carbocycles. The van der Waals surface area contributed by atoms with E-state index in [0.717, 1.165) is 37.3 Å². The molecule has 1 atom stereocenters. The Hall–Kier alpha value is -1.59. The Bertz CT molecular complexity index is 675. The molecule has 1 aliphatic rings. The molecule has 0 saturated carbocycles. The van der Waals surface area contributed by atoms with Gasteiger partial charge in [0.2, 0.25) is 0 Å². The van der Waals surface area contributed by atoms with Crippen molar-refractivity contribution in [2.75, 3.05) is 26.7 Å². The van der Waals surface area contributed by atoms with E-state index in [9.17, 15) is 4.79 Å². The number of likely N-dealkylation sites (tertiary alicyclic amines) is 1. The Balaban J connectivity index is 1.51. The lowest BCUT2D eigenvalue weighted by molar-refractivity contribution is 0.0772. The van der Waals surface area contributed by atoms with Crippen molar-refractivity contribution in [1.82, 2.24) is 14.8 Å². The molecule has 0 unspecified atom stereocenters. The minimum Gasteiger partial charge on any atom is -0.367 e. The van der Waals surface area contributed by atoms with E-state index >= 15 is 0 Å².